The second-order valence-electron chi connectivity index (χ2n) is 4.62. The maximum atomic E-state index is 11.6. The molecule has 1 unspecified atom stereocenters. The maximum absolute atomic E-state index is 11.6. The maximum Gasteiger partial charge on any atom is 0.253 e. The number of rotatable bonds is 7. The molecule has 2 N–H and O–H groups in total. The average molecular weight is 295 g/mol. The van der Waals surface area contributed by atoms with Gasteiger partial charge in [0.25, 0.3) is 11.8 Å². The second kappa shape index (κ2) is 7.32. The van der Waals surface area contributed by atoms with Gasteiger partial charge >= 0.3 is 0 Å². The monoisotopic (exact) mass is 295 g/mol. The molecule has 0 bridgehead atoms. The molecule has 0 aromatic rings. The van der Waals surface area contributed by atoms with Gasteiger partial charge in [0.2, 0.25) is 11.8 Å². The van der Waals surface area contributed by atoms with Gasteiger partial charge in [-0.2, -0.15) is 0 Å². The molecule has 21 heavy (non-hydrogen) atoms. The van der Waals surface area contributed by atoms with Crippen molar-refractivity contribution in [2.45, 2.75) is 26.3 Å². The van der Waals surface area contributed by atoms with Crippen LogP contribution in [0.1, 0.15) is 20.3 Å². The van der Waals surface area contributed by atoms with E-state index in [1.165, 1.54) is 13.8 Å². The van der Waals surface area contributed by atoms with Gasteiger partial charge in [-0.15, -0.1) is 0 Å². The number of ketones is 1. The molecule has 0 fully saturated rings. The lowest BCUT2D eigenvalue weighted by molar-refractivity contribution is -0.137. The average Bonchev–Trinajstić information content (AvgIpc) is 2.72. The molecular formula is C13H17N3O5. The zero-order valence-electron chi connectivity index (χ0n) is 11.8. The normalized spacial score (nSPS) is 15.0. The number of nitrogens with one attached hydrogen (secondary N) is 2. The van der Waals surface area contributed by atoms with Crippen LogP contribution in [-0.2, 0) is 24.0 Å². The van der Waals surface area contributed by atoms with E-state index in [2.05, 4.69) is 10.6 Å². The van der Waals surface area contributed by atoms with Crippen LogP contribution in [0.4, 0.5) is 0 Å². The first kappa shape index (κ1) is 16.5. The van der Waals surface area contributed by atoms with Crippen LogP contribution in [0.2, 0.25) is 0 Å². The van der Waals surface area contributed by atoms with Crippen molar-refractivity contribution in [1.29, 1.82) is 0 Å². The van der Waals surface area contributed by atoms with Gasteiger partial charge in [0.15, 0.2) is 0 Å². The Kier molecular flexibility index (Phi) is 5.77. The number of Topliss-reactive ketones (excluding diaryl/α,β-unsaturated/α-hetero) is 1. The Balaban J connectivity index is 2.33. The van der Waals surface area contributed by atoms with Crippen LogP contribution in [0.25, 0.3) is 0 Å². The highest BCUT2D eigenvalue weighted by atomic mass is 16.2. The third-order valence-electron chi connectivity index (χ3n) is 2.75. The molecule has 1 aliphatic heterocycles. The molecule has 114 valence electrons. The summed E-state index contributed by atoms with van der Waals surface area (Å²) in [5.41, 5.74) is 0. The van der Waals surface area contributed by atoms with Crippen LogP contribution in [0, 0.1) is 0 Å². The Bertz CT molecular complexity index is 494. The fraction of sp³-hybridized carbons (Fsp3) is 0.462. The summed E-state index contributed by atoms with van der Waals surface area (Å²) < 4.78 is 0. The zero-order valence-corrected chi connectivity index (χ0v) is 11.8. The van der Waals surface area contributed by atoms with Crippen LogP contribution in [0.15, 0.2) is 12.2 Å². The van der Waals surface area contributed by atoms with Crippen molar-refractivity contribution in [1.82, 2.24) is 15.5 Å². The Labute approximate surface area is 121 Å². The number of hydrogen-bond acceptors (Lipinski definition) is 5. The van der Waals surface area contributed by atoms with Crippen molar-refractivity contribution in [3.63, 3.8) is 0 Å². The minimum atomic E-state index is -0.806. The summed E-state index contributed by atoms with van der Waals surface area (Å²) >= 11 is 0. The van der Waals surface area contributed by atoms with E-state index in [-0.39, 0.29) is 25.3 Å². The molecule has 4 amide bonds. The zero-order chi connectivity index (χ0) is 16.0. The van der Waals surface area contributed by atoms with Gasteiger partial charge in [0, 0.05) is 25.1 Å². The SMILES string of the molecule is CC(=O)CNC(=O)C(C)NC(=O)CCN1C(=O)C=CC1=O. The number of amides is 4. The molecule has 0 radical (unpaired) electrons. The number of nitrogens with zero attached hydrogens (tertiary/aromatic N) is 1. The van der Waals surface area contributed by atoms with Crippen LogP contribution in [0.3, 0.4) is 0 Å². The molecule has 0 spiro atoms. The molecule has 0 aliphatic carbocycles. The van der Waals surface area contributed by atoms with Crippen LogP contribution < -0.4 is 10.6 Å². The minimum absolute atomic E-state index is 0.0434. The predicted octanol–water partition coefficient (Wildman–Crippen LogP) is -1.49. The summed E-state index contributed by atoms with van der Waals surface area (Å²) in [7, 11) is 0. The lowest BCUT2D eigenvalue weighted by Crippen LogP contribution is -2.46. The van der Waals surface area contributed by atoms with Gasteiger partial charge in [0.05, 0.1) is 6.54 Å². The Morgan fingerprint density at radius 2 is 1.76 bits per heavy atom. The molecule has 1 rings (SSSR count). The summed E-state index contributed by atoms with van der Waals surface area (Å²) in [6.45, 7) is 2.67. The largest absolute Gasteiger partial charge is 0.347 e. The van der Waals surface area contributed by atoms with Gasteiger partial charge in [0.1, 0.15) is 11.8 Å². The first-order valence-electron chi connectivity index (χ1n) is 6.41. The van der Waals surface area contributed by atoms with Crippen LogP contribution in [-0.4, -0.2) is 53.4 Å². The topological polar surface area (TPSA) is 113 Å². The number of carbonyl (C=O) groups is 5. The smallest absolute Gasteiger partial charge is 0.253 e. The summed E-state index contributed by atoms with van der Waals surface area (Å²) in [4.78, 5) is 57.4. The fourth-order valence-electron chi connectivity index (χ4n) is 1.61. The molecule has 8 heteroatoms. The highest BCUT2D eigenvalue weighted by Gasteiger charge is 2.24. The fourth-order valence-corrected chi connectivity index (χ4v) is 1.61. The molecule has 1 heterocycles. The van der Waals surface area contributed by atoms with E-state index in [1.807, 2.05) is 0 Å². The summed E-state index contributed by atoms with van der Waals surface area (Å²) in [5, 5.41) is 4.79. The third-order valence-corrected chi connectivity index (χ3v) is 2.75. The summed E-state index contributed by atoms with van der Waals surface area (Å²) in [6, 6.07) is -0.806. The molecular weight excluding hydrogens is 278 g/mol. The highest BCUT2D eigenvalue weighted by molar-refractivity contribution is 6.13. The van der Waals surface area contributed by atoms with Crippen LogP contribution in [0.5, 0.6) is 0 Å². The van der Waals surface area contributed by atoms with Crippen molar-refractivity contribution in [3.8, 4) is 0 Å². The predicted molar refractivity (Wildman–Crippen MR) is 71.8 cm³/mol. The van der Waals surface area contributed by atoms with E-state index < -0.39 is 29.7 Å². The summed E-state index contributed by atoms with van der Waals surface area (Å²) in [6.07, 6.45) is 2.18. The van der Waals surface area contributed by atoms with E-state index in [0.717, 1.165) is 17.1 Å². The number of imide groups is 1. The molecule has 8 nitrogen and oxygen atoms in total. The van der Waals surface area contributed by atoms with Crippen LogP contribution >= 0.6 is 0 Å². The standard InChI is InChI=1S/C13H17N3O5/c1-8(17)7-14-13(21)9(2)15-10(18)5-6-16-11(19)3-4-12(16)20/h3-4,9H,5-7H2,1-2H3,(H,14,21)(H,15,18). The lowest BCUT2D eigenvalue weighted by Gasteiger charge is -2.16. The van der Waals surface area contributed by atoms with Crippen molar-refractivity contribution >= 4 is 29.4 Å². The number of hydrogen-bond donors (Lipinski definition) is 2. The van der Waals surface area contributed by atoms with E-state index in [9.17, 15) is 24.0 Å². The lowest BCUT2D eigenvalue weighted by atomic mass is 10.2. The van der Waals surface area contributed by atoms with E-state index >= 15 is 0 Å². The van der Waals surface area contributed by atoms with Gasteiger partial charge in [-0.3, -0.25) is 28.9 Å². The van der Waals surface area contributed by atoms with Gasteiger partial charge < -0.3 is 10.6 Å². The molecule has 1 aliphatic rings. The third kappa shape index (κ3) is 5.17. The van der Waals surface area contributed by atoms with Crippen molar-refractivity contribution in [2.75, 3.05) is 13.1 Å². The highest BCUT2D eigenvalue weighted by Crippen LogP contribution is 2.04. The molecule has 0 saturated carbocycles. The number of carbonyl (C=O) groups excluding carboxylic acids is 5. The Morgan fingerprint density at radius 1 is 1.19 bits per heavy atom. The van der Waals surface area contributed by atoms with Crippen molar-refractivity contribution in [2.24, 2.45) is 0 Å². The first-order chi connectivity index (χ1) is 9.81. The van der Waals surface area contributed by atoms with Gasteiger partial charge in [-0.25, -0.2) is 0 Å². The van der Waals surface area contributed by atoms with Gasteiger partial charge in [-0.05, 0) is 13.8 Å². The molecule has 0 aromatic heterocycles. The van der Waals surface area contributed by atoms with E-state index in [0.29, 0.717) is 0 Å². The Hall–Kier alpha value is -2.51. The van der Waals surface area contributed by atoms with Crippen molar-refractivity contribution in [3.05, 3.63) is 12.2 Å². The van der Waals surface area contributed by atoms with Crippen molar-refractivity contribution < 1.29 is 24.0 Å². The minimum Gasteiger partial charge on any atom is -0.347 e. The molecule has 1 atom stereocenters. The van der Waals surface area contributed by atoms with Gasteiger partial charge in [-0.1, -0.05) is 0 Å². The quantitative estimate of drug-likeness (QED) is 0.556. The van der Waals surface area contributed by atoms with E-state index in [1.54, 1.807) is 0 Å². The second-order valence-corrected chi connectivity index (χ2v) is 4.62. The molecule has 0 aromatic carbocycles. The molecule has 0 saturated heterocycles. The first-order valence-corrected chi connectivity index (χ1v) is 6.41. The van der Waals surface area contributed by atoms with E-state index in [4.69, 9.17) is 0 Å². The summed E-state index contributed by atoms with van der Waals surface area (Å²) in [5.74, 6) is -2.05. The Morgan fingerprint density at radius 3 is 2.29 bits per heavy atom.